The first-order chi connectivity index (χ1) is 5.81. The summed E-state index contributed by atoms with van der Waals surface area (Å²) in [7, 11) is 1.25. The Morgan fingerprint density at radius 1 is 1.08 bits per heavy atom. The molecule has 78 valence electrons. The molecule has 0 aromatic carbocycles. The highest BCUT2D eigenvalue weighted by Crippen LogP contribution is 2.25. The minimum absolute atomic E-state index is 0.0150. The van der Waals surface area contributed by atoms with Crippen LogP contribution in [0.4, 0.5) is 0 Å². The van der Waals surface area contributed by atoms with Gasteiger partial charge in [0.2, 0.25) is 0 Å². The summed E-state index contributed by atoms with van der Waals surface area (Å²) in [6.45, 7) is 8.30. The molecule has 1 fully saturated rings. The largest absolute Gasteiger partial charge is 0.448 e. The lowest BCUT2D eigenvalue weighted by molar-refractivity contribution is -0.124. The second kappa shape index (κ2) is 4.20. The molecule has 0 amide bonds. The second-order valence-corrected chi connectivity index (χ2v) is 4.78. The van der Waals surface area contributed by atoms with Crippen molar-refractivity contribution in [2.45, 2.75) is 51.6 Å². The Morgan fingerprint density at radius 2 is 1.38 bits per heavy atom. The van der Waals surface area contributed by atoms with Crippen molar-refractivity contribution in [1.82, 2.24) is 5.32 Å². The van der Waals surface area contributed by atoms with Gasteiger partial charge in [0, 0.05) is 23.9 Å². The van der Waals surface area contributed by atoms with E-state index in [4.69, 9.17) is 5.11 Å². The number of Topliss-reactive ketones (excluding diaryl/α,β-unsaturated/α-hetero) is 1. The van der Waals surface area contributed by atoms with Crippen molar-refractivity contribution < 1.29 is 9.90 Å². The van der Waals surface area contributed by atoms with Crippen LogP contribution >= 0.6 is 0 Å². The fourth-order valence-electron chi connectivity index (χ4n) is 2.05. The molecule has 0 aliphatic carbocycles. The maximum Gasteiger partial charge on any atom is 0.136 e. The molecule has 1 aliphatic heterocycles. The molecule has 0 aromatic heterocycles. The predicted molar refractivity (Wildman–Crippen MR) is 55.1 cm³/mol. The summed E-state index contributed by atoms with van der Waals surface area (Å²) in [5.74, 6) is 0.374. The number of nitrogens with one attached hydrogen (secondary N) is 1. The molecule has 13 heavy (non-hydrogen) atoms. The van der Waals surface area contributed by atoms with E-state index in [-0.39, 0.29) is 11.1 Å². The lowest BCUT2D eigenvalue weighted by Gasteiger charge is -2.41. The molecule has 3 heteroatoms. The van der Waals surface area contributed by atoms with E-state index in [1.165, 1.54) is 7.11 Å². The molecule has 1 rings (SSSR count). The Kier molecular flexibility index (Phi) is 4.07. The van der Waals surface area contributed by atoms with Crippen LogP contribution in [0.2, 0.25) is 0 Å². The molecule has 0 aromatic rings. The van der Waals surface area contributed by atoms with Gasteiger partial charge in [-0.25, -0.2) is 0 Å². The Balaban J connectivity index is 0.000000671. The second-order valence-electron chi connectivity index (χ2n) is 4.78. The number of carbonyl (C=O) groups excluding carboxylic acids is 1. The average Bonchev–Trinajstić information content (AvgIpc) is 1.82. The summed E-state index contributed by atoms with van der Waals surface area (Å²) in [5.41, 5.74) is -0.0301. The topological polar surface area (TPSA) is 52.0 Å². The van der Waals surface area contributed by atoms with Gasteiger partial charge in [-0.2, -0.15) is 0 Å². The van der Waals surface area contributed by atoms with E-state index < -0.39 is 0 Å². The molecule has 1 heterocycles. The van der Waals surface area contributed by atoms with Crippen LogP contribution in [0.25, 0.3) is 0 Å². The van der Waals surface area contributed by atoms with Crippen molar-refractivity contribution in [3.8, 4) is 0 Å². The Bertz CT molecular complexity index is 167. The SMILES string of the molecule is CC1(C)CC(=O)CC(C)(C)N1.C[OH2+]. The van der Waals surface area contributed by atoms with E-state index in [1.807, 2.05) is 0 Å². The van der Waals surface area contributed by atoms with Crippen LogP contribution < -0.4 is 5.32 Å². The van der Waals surface area contributed by atoms with Crippen LogP contribution in [0.15, 0.2) is 0 Å². The molecule has 0 unspecified atom stereocenters. The summed E-state index contributed by atoms with van der Waals surface area (Å²) in [6, 6.07) is 0. The number of rotatable bonds is 0. The van der Waals surface area contributed by atoms with Crippen LogP contribution in [0, 0.1) is 0 Å². The molecule has 3 N–H and O–H groups in total. The number of carbonyl (C=O) groups is 1. The molecular formula is C10H22NO2+. The van der Waals surface area contributed by atoms with E-state index >= 15 is 0 Å². The molecule has 1 aliphatic rings. The summed E-state index contributed by atoms with van der Waals surface area (Å²) in [5, 5.41) is 9.19. The number of ketones is 1. The van der Waals surface area contributed by atoms with Gasteiger partial charge < -0.3 is 10.4 Å². The van der Waals surface area contributed by atoms with E-state index in [2.05, 4.69) is 33.0 Å². The Labute approximate surface area is 80.5 Å². The zero-order valence-electron chi connectivity index (χ0n) is 9.32. The highest BCUT2D eigenvalue weighted by Gasteiger charge is 2.36. The van der Waals surface area contributed by atoms with E-state index in [0.717, 1.165) is 0 Å². The molecule has 0 saturated carbocycles. The first-order valence-corrected chi connectivity index (χ1v) is 4.62. The molecule has 0 spiro atoms. The third-order valence-electron chi connectivity index (χ3n) is 1.95. The maximum absolute atomic E-state index is 11.3. The highest BCUT2D eigenvalue weighted by atomic mass is 16.2. The van der Waals surface area contributed by atoms with Gasteiger partial charge in [-0.1, -0.05) is 0 Å². The standard InChI is InChI=1S/C9H17NO.CH4O/c1-8(2)5-7(11)6-9(3,4)10-8;1-2/h10H,5-6H2,1-4H3;2H,1H3/p+1. The summed E-state index contributed by atoms with van der Waals surface area (Å²) >= 11 is 0. The van der Waals surface area contributed by atoms with Gasteiger partial charge in [-0.05, 0) is 27.7 Å². The van der Waals surface area contributed by atoms with Crippen LogP contribution in [0.5, 0.6) is 0 Å². The van der Waals surface area contributed by atoms with Crippen molar-refractivity contribution in [2.75, 3.05) is 7.11 Å². The number of piperidine rings is 1. The molecule has 3 nitrogen and oxygen atoms in total. The third kappa shape index (κ3) is 4.39. The number of hydrogen-bond acceptors (Lipinski definition) is 2. The Hall–Kier alpha value is -0.410. The first-order valence-electron chi connectivity index (χ1n) is 4.62. The number of hydrogen-bond donors (Lipinski definition) is 1. The van der Waals surface area contributed by atoms with E-state index in [0.29, 0.717) is 18.6 Å². The molecule has 0 bridgehead atoms. The normalized spacial score (nSPS) is 24.6. The molecular weight excluding hydrogens is 166 g/mol. The smallest absolute Gasteiger partial charge is 0.136 e. The van der Waals surface area contributed by atoms with Gasteiger partial charge in [-0.15, -0.1) is 0 Å². The minimum Gasteiger partial charge on any atom is -0.448 e. The fourth-order valence-corrected chi connectivity index (χ4v) is 2.05. The van der Waals surface area contributed by atoms with Crippen LogP contribution in [0.1, 0.15) is 40.5 Å². The lowest BCUT2D eigenvalue weighted by Crippen LogP contribution is -2.58. The highest BCUT2D eigenvalue weighted by molar-refractivity contribution is 5.81. The van der Waals surface area contributed by atoms with Gasteiger partial charge >= 0.3 is 0 Å². The van der Waals surface area contributed by atoms with Crippen LogP contribution in [0.3, 0.4) is 0 Å². The zero-order chi connectivity index (χ0) is 10.7. The van der Waals surface area contributed by atoms with Crippen molar-refractivity contribution in [1.29, 1.82) is 0 Å². The van der Waals surface area contributed by atoms with Crippen LogP contribution in [-0.4, -0.2) is 29.1 Å². The van der Waals surface area contributed by atoms with Crippen molar-refractivity contribution in [3.05, 3.63) is 0 Å². The molecule has 0 radical (unpaired) electrons. The third-order valence-corrected chi connectivity index (χ3v) is 1.95. The quantitative estimate of drug-likeness (QED) is 0.573. The summed E-state index contributed by atoms with van der Waals surface area (Å²) in [6.07, 6.45) is 1.33. The maximum atomic E-state index is 11.3. The van der Waals surface area contributed by atoms with Crippen molar-refractivity contribution >= 4 is 5.78 Å². The van der Waals surface area contributed by atoms with E-state index in [1.54, 1.807) is 0 Å². The monoisotopic (exact) mass is 188 g/mol. The van der Waals surface area contributed by atoms with Gasteiger partial charge in [-0.3, -0.25) is 4.79 Å². The minimum atomic E-state index is -0.0150. The summed E-state index contributed by atoms with van der Waals surface area (Å²) in [4.78, 5) is 11.3. The summed E-state index contributed by atoms with van der Waals surface area (Å²) < 4.78 is 0. The first kappa shape index (κ1) is 12.6. The zero-order valence-corrected chi connectivity index (χ0v) is 9.32. The lowest BCUT2D eigenvalue weighted by atomic mass is 9.82. The van der Waals surface area contributed by atoms with Crippen LogP contribution in [-0.2, 0) is 4.79 Å². The average molecular weight is 188 g/mol. The molecule has 0 atom stereocenters. The van der Waals surface area contributed by atoms with Crippen molar-refractivity contribution in [2.24, 2.45) is 0 Å². The van der Waals surface area contributed by atoms with Gasteiger partial charge in [0.1, 0.15) is 12.9 Å². The van der Waals surface area contributed by atoms with Gasteiger partial charge in [0.05, 0.1) is 0 Å². The molecule has 1 saturated heterocycles. The predicted octanol–water partition coefficient (Wildman–Crippen LogP) is 0.837. The van der Waals surface area contributed by atoms with E-state index in [9.17, 15) is 4.79 Å². The van der Waals surface area contributed by atoms with Gasteiger partial charge in [0.25, 0.3) is 0 Å². The van der Waals surface area contributed by atoms with Crippen molar-refractivity contribution in [3.63, 3.8) is 0 Å². The Morgan fingerprint density at radius 3 is 1.62 bits per heavy atom. The van der Waals surface area contributed by atoms with Gasteiger partial charge in [0.15, 0.2) is 0 Å². The fraction of sp³-hybridized carbons (Fsp3) is 0.900.